The van der Waals surface area contributed by atoms with Crippen LogP contribution in [0, 0.1) is 0 Å². The second-order valence-corrected chi connectivity index (χ2v) is 6.45. The van der Waals surface area contributed by atoms with Crippen LogP contribution < -0.4 is 0 Å². The van der Waals surface area contributed by atoms with Gasteiger partial charge in [0, 0.05) is 18.6 Å². The predicted molar refractivity (Wildman–Crippen MR) is 76.9 cm³/mol. The molecular formula is C12H15IO3S. The lowest BCUT2D eigenvalue weighted by Gasteiger charge is -2.36. The highest BCUT2D eigenvalue weighted by Crippen LogP contribution is 2.45. The number of fused-ring (bicyclic) bond motifs is 2. The first kappa shape index (κ1) is 13.4. The van der Waals surface area contributed by atoms with E-state index in [1.54, 1.807) is 0 Å². The molecule has 2 aliphatic heterocycles. The van der Waals surface area contributed by atoms with Crippen molar-refractivity contribution in [3.05, 3.63) is 22.6 Å². The fourth-order valence-electron chi connectivity index (χ4n) is 2.15. The molecule has 2 bridgehead atoms. The van der Waals surface area contributed by atoms with Gasteiger partial charge in [0.15, 0.2) is 0 Å². The summed E-state index contributed by atoms with van der Waals surface area (Å²) >= 11 is 3.86. The molecule has 0 amide bonds. The molecule has 0 N–H and O–H groups in total. The average Bonchev–Trinajstić information content (AvgIpc) is 2.25. The molecule has 0 aliphatic carbocycles. The molecule has 0 saturated heterocycles. The van der Waals surface area contributed by atoms with Crippen molar-refractivity contribution in [3.8, 4) is 0 Å². The van der Waals surface area contributed by atoms with Crippen molar-refractivity contribution in [1.29, 1.82) is 0 Å². The summed E-state index contributed by atoms with van der Waals surface area (Å²) in [4.78, 5) is 12.1. The maximum Gasteiger partial charge on any atom is 0.302 e. The van der Waals surface area contributed by atoms with Gasteiger partial charge in [-0.3, -0.25) is 4.79 Å². The van der Waals surface area contributed by atoms with Crippen molar-refractivity contribution in [2.75, 3.05) is 6.61 Å². The molecule has 2 aliphatic rings. The molecule has 2 atom stereocenters. The Morgan fingerprint density at radius 3 is 3.06 bits per heavy atom. The summed E-state index contributed by atoms with van der Waals surface area (Å²) in [6, 6.07) is 0. The van der Waals surface area contributed by atoms with E-state index in [4.69, 9.17) is 7.80 Å². The first-order valence-corrected chi connectivity index (χ1v) is 7.28. The van der Waals surface area contributed by atoms with Crippen LogP contribution in [0.3, 0.4) is 0 Å². The fourth-order valence-corrected chi connectivity index (χ4v) is 4.10. The summed E-state index contributed by atoms with van der Waals surface area (Å²) in [6.07, 6.45) is 6.26. The zero-order valence-corrected chi connectivity index (χ0v) is 12.8. The summed E-state index contributed by atoms with van der Waals surface area (Å²) in [6.45, 7) is 3.97. The lowest BCUT2D eigenvalue weighted by Crippen LogP contribution is -2.32. The van der Waals surface area contributed by atoms with E-state index in [0.717, 1.165) is 12.8 Å². The molecule has 3 nitrogen and oxygen atoms in total. The molecule has 0 saturated carbocycles. The van der Waals surface area contributed by atoms with Crippen molar-refractivity contribution < 1.29 is 12.6 Å². The zero-order chi connectivity index (χ0) is 12.5. The van der Waals surface area contributed by atoms with Crippen LogP contribution in [0.5, 0.6) is 0 Å². The minimum Gasteiger partial charge on any atom is -0.461 e. The minimum absolute atomic E-state index is 0.157. The number of esters is 1. The van der Waals surface area contributed by atoms with E-state index in [0.29, 0.717) is 11.9 Å². The first-order valence-electron chi connectivity index (χ1n) is 5.52. The molecule has 2 heterocycles. The van der Waals surface area contributed by atoms with Gasteiger partial charge in [0.2, 0.25) is 0 Å². The quantitative estimate of drug-likeness (QED) is 0.436. The van der Waals surface area contributed by atoms with Gasteiger partial charge in [0.05, 0.1) is 5.60 Å². The Kier molecular flexibility index (Phi) is 4.20. The van der Waals surface area contributed by atoms with Crippen LogP contribution in [-0.2, 0) is 12.6 Å². The van der Waals surface area contributed by atoms with Gasteiger partial charge in [-0.15, -0.1) is 11.8 Å². The average molecular weight is 366 g/mol. The third kappa shape index (κ3) is 3.48. The number of carbonyl (C=O) groups is 1. The highest BCUT2D eigenvalue weighted by molar-refractivity contribution is 14.1. The van der Waals surface area contributed by atoms with Gasteiger partial charge in [-0.2, -0.15) is 0 Å². The molecule has 94 valence electrons. The maximum atomic E-state index is 10.8. The molecular weight excluding hydrogens is 351 g/mol. The Labute approximate surface area is 120 Å². The van der Waals surface area contributed by atoms with Crippen molar-refractivity contribution in [2.24, 2.45) is 0 Å². The van der Waals surface area contributed by atoms with E-state index < -0.39 is 0 Å². The molecule has 17 heavy (non-hydrogen) atoms. The molecule has 0 spiro atoms. The molecule has 0 aromatic heterocycles. The summed E-state index contributed by atoms with van der Waals surface area (Å²) in [5.41, 5.74) is 1.04. The lowest BCUT2D eigenvalue weighted by molar-refractivity contribution is -0.140. The summed E-state index contributed by atoms with van der Waals surface area (Å²) in [5.74, 6) is -0.219. The SMILES string of the molecule is CC(=O)OCC1=CC2CC(C)(OI)C=C(C1)S2. The highest BCUT2D eigenvalue weighted by Gasteiger charge is 2.34. The number of rotatable bonds is 3. The number of hydrogen-bond donors (Lipinski definition) is 0. The first-order chi connectivity index (χ1) is 8.00. The number of thioether (sulfide) groups is 1. The van der Waals surface area contributed by atoms with E-state index in [9.17, 15) is 4.79 Å². The largest absolute Gasteiger partial charge is 0.461 e. The third-order valence-corrected chi connectivity index (χ3v) is 5.01. The van der Waals surface area contributed by atoms with Crippen molar-refractivity contribution in [1.82, 2.24) is 0 Å². The number of carbonyl (C=O) groups excluding carboxylic acids is 1. The summed E-state index contributed by atoms with van der Waals surface area (Å²) in [7, 11) is 0. The van der Waals surface area contributed by atoms with E-state index in [-0.39, 0.29) is 11.6 Å². The highest BCUT2D eigenvalue weighted by atomic mass is 127. The monoisotopic (exact) mass is 366 g/mol. The number of halogens is 1. The van der Waals surface area contributed by atoms with Crippen LogP contribution in [0.15, 0.2) is 22.6 Å². The number of hydrogen-bond acceptors (Lipinski definition) is 4. The van der Waals surface area contributed by atoms with Gasteiger partial charge in [-0.05, 0) is 29.9 Å². The standard InChI is InChI=1S/C12H15IO3S/c1-8(14)15-7-9-3-10-5-12(2,16-13)6-11(4-9)17-10/h3,6,10H,4-5,7H2,1-2H3. The van der Waals surface area contributed by atoms with Gasteiger partial charge in [0.25, 0.3) is 0 Å². The molecule has 2 unspecified atom stereocenters. The van der Waals surface area contributed by atoms with Gasteiger partial charge in [-0.25, -0.2) is 0 Å². The topological polar surface area (TPSA) is 35.5 Å². The molecule has 0 fully saturated rings. The van der Waals surface area contributed by atoms with E-state index >= 15 is 0 Å². The second-order valence-electron chi connectivity index (χ2n) is 4.64. The summed E-state index contributed by atoms with van der Waals surface area (Å²) in [5, 5.41) is 0.439. The molecule has 2 rings (SSSR count). The maximum absolute atomic E-state index is 10.8. The van der Waals surface area contributed by atoms with Crippen LogP contribution in [0.25, 0.3) is 0 Å². The van der Waals surface area contributed by atoms with Crippen LogP contribution in [0.4, 0.5) is 0 Å². The van der Waals surface area contributed by atoms with Gasteiger partial charge < -0.3 is 7.80 Å². The Morgan fingerprint density at radius 2 is 2.47 bits per heavy atom. The van der Waals surface area contributed by atoms with Gasteiger partial charge in [-0.1, -0.05) is 6.08 Å². The fraction of sp³-hybridized carbons (Fsp3) is 0.583. The van der Waals surface area contributed by atoms with Crippen LogP contribution in [-0.4, -0.2) is 23.4 Å². The third-order valence-electron chi connectivity index (χ3n) is 2.84. The molecule has 0 radical (unpaired) electrons. The second kappa shape index (κ2) is 5.32. The minimum atomic E-state index is -0.219. The van der Waals surface area contributed by atoms with Crippen molar-refractivity contribution >= 4 is 40.7 Å². The van der Waals surface area contributed by atoms with Crippen LogP contribution in [0.1, 0.15) is 26.7 Å². The molecule has 0 aromatic carbocycles. The smallest absolute Gasteiger partial charge is 0.302 e. The summed E-state index contributed by atoms with van der Waals surface area (Å²) < 4.78 is 10.6. The molecule has 0 aromatic rings. The molecule has 5 heteroatoms. The van der Waals surface area contributed by atoms with Crippen molar-refractivity contribution in [2.45, 2.75) is 37.5 Å². The number of allylic oxidation sites excluding steroid dienone is 1. The Hall–Kier alpha value is -0.0100. The van der Waals surface area contributed by atoms with E-state index in [2.05, 4.69) is 19.1 Å². The van der Waals surface area contributed by atoms with Crippen LogP contribution in [0.2, 0.25) is 0 Å². The van der Waals surface area contributed by atoms with Crippen LogP contribution >= 0.6 is 34.8 Å². The lowest BCUT2D eigenvalue weighted by atomic mass is 9.93. The van der Waals surface area contributed by atoms with E-state index in [1.165, 1.54) is 17.4 Å². The normalized spacial score (nSPS) is 31.6. The Bertz CT molecular complexity index is 391. The Balaban J connectivity index is 2.05. The number of ether oxygens (including phenoxy) is 1. The van der Waals surface area contributed by atoms with Crippen molar-refractivity contribution in [3.63, 3.8) is 0 Å². The van der Waals surface area contributed by atoms with E-state index in [1.807, 2.05) is 34.8 Å². The predicted octanol–water partition coefficient (Wildman–Crippen LogP) is 3.39. The zero-order valence-electron chi connectivity index (χ0n) is 9.86. The Morgan fingerprint density at radius 1 is 1.71 bits per heavy atom. The van der Waals surface area contributed by atoms with Gasteiger partial charge >= 0.3 is 5.97 Å². The van der Waals surface area contributed by atoms with Gasteiger partial charge in [0.1, 0.15) is 29.6 Å².